The molecule has 14 rings (SSSR count). The normalized spacial score (nSPS) is 11.8. The molecule has 101 heavy (non-hydrogen) atoms. The summed E-state index contributed by atoms with van der Waals surface area (Å²) in [5.41, 5.74) is 15.6. The lowest BCUT2D eigenvalue weighted by atomic mass is 9.80. The zero-order chi connectivity index (χ0) is 68.8. The van der Waals surface area contributed by atoms with E-state index in [1.807, 2.05) is 146 Å². The standard InChI is InChI=1S/C44H38O7.C43H38O6.CH4/c1-46-37-17-13-35(14-18-37)44(34-10-5-4-6-11-34,36-15-19-38(47-2)20-16-36)51-28-31-12-22-41-40-23-21-39(26-33(40)29-50-42(41)25-31)49-27-30-8-7-9-32(24-30)43(45)48-3;1-45-37-16-12-35(13-17-37)43(34-9-4-3-5-10-34,36-14-18-38(46-2)19-15-36)49-28-32-11-21-41-40-22-20-39(25-33(40)29-48-42(41)24-32)47-27-31-8-6-7-30(23-31)26-44;/h4-26H,27-29H2,1-3H3;3-25,44H,26-29H2,1-2H3;1H4. The first kappa shape index (κ1) is 69.3. The first-order valence-electron chi connectivity index (χ1n) is 33.0. The Kier molecular flexibility index (Phi) is 21.9. The van der Waals surface area contributed by atoms with Crippen LogP contribution < -0.4 is 37.9 Å². The van der Waals surface area contributed by atoms with Gasteiger partial charge in [-0.05, 0) is 169 Å². The second kappa shape index (κ2) is 31.9. The van der Waals surface area contributed by atoms with Crippen LogP contribution in [0, 0.1) is 0 Å². The van der Waals surface area contributed by atoms with Crippen LogP contribution in [0.5, 0.6) is 46.0 Å². The van der Waals surface area contributed by atoms with E-state index < -0.39 is 11.2 Å². The van der Waals surface area contributed by atoms with E-state index in [4.69, 9.17) is 52.1 Å². The van der Waals surface area contributed by atoms with E-state index in [0.717, 1.165) is 141 Å². The smallest absolute Gasteiger partial charge is 0.337 e. The Balaban J connectivity index is 0.000000189. The van der Waals surface area contributed by atoms with Gasteiger partial charge in [0.15, 0.2) is 0 Å². The first-order valence-corrected chi connectivity index (χ1v) is 33.0. The number of aliphatic hydroxyl groups is 1. The highest BCUT2D eigenvalue weighted by molar-refractivity contribution is 5.89. The fourth-order valence-electron chi connectivity index (χ4n) is 13.0. The third kappa shape index (κ3) is 15.2. The molecule has 0 saturated carbocycles. The minimum absolute atomic E-state index is 0. The van der Waals surface area contributed by atoms with Gasteiger partial charge in [0.25, 0.3) is 0 Å². The van der Waals surface area contributed by atoms with Crippen molar-refractivity contribution in [1.29, 1.82) is 0 Å². The molecule has 0 aromatic heterocycles. The molecule has 0 bridgehead atoms. The Morgan fingerprint density at radius 2 is 0.693 bits per heavy atom. The summed E-state index contributed by atoms with van der Waals surface area (Å²) in [6, 6.07) is 92.5. The maximum absolute atomic E-state index is 11.9. The summed E-state index contributed by atoms with van der Waals surface area (Å²) in [5.74, 6) is 5.85. The van der Waals surface area contributed by atoms with Crippen LogP contribution in [0.4, 0.5) is 0 Å². The molecule has 0 amide bonds. The molecule has 12 aromatic rings. The number of methoxy groups -OCH3 is 5. The van der Waals surface area contributed by atoms with E-state index >= 15 is 0 Å². The summed E-state index contributed by atoms with van der Waals surface area (Å²) in [6.45, 7) is 2.26. The summed E-state index contributed by atoms with van der Waals surface area (Å²) in [5, 5.41) is 9.45. The molecule has 2 heterocycles. The molecule has 13 heteroatoms. The topological polar surface area (TPSA) is 139 Å². The molecular formula is C88H80O13. The SMILES string of the molecule is C.COC(=O)c1cccc(COc2ccc3c(c2)COc2cc(COC(c4ccccc4)(c4ccc(OC)cc4)c4ccc(OC)cc4)ccc2-3)c1.COc1ccc(C(OCc2ccc3c(c2)OCc2cc(OCc4cccc(CO)c4)ccc2-3)(c2ccccc2)c2ccc(OC)cc2)cc1. The summed E-state index contributed by atoms with van der Waals surface area (Å²) in [6.07, 6.45) is 0. The van der Waals surface area contributed by atoms with Crippen molar-refractivity contribution in [2.75, 3.05) is 35.5 Å². The summed E-state index contributed by atoms with van der Waals surface area (Å²) in [4.78, 5) is 11.9. The van der Waals surface area contributed by atoms with Crippen LogP contribution >= 0.6 is 0 Å². The highest BCUT2D eigenvalue weighted by Gasteiger charge is 2.40. The van der Waals surface area contributed by atoms with E-state index in [2.05, 4.69) is 121 Å². The number of carbonyl (C=O) groups is 1. The fraction of sp³-hybridized carbons (Fsp3) is 0.170. The van der Waals surface area contributed by atoms with Crippen molar-refractivity contribution >= 4 is 5.97 Å². The van der Waals surface area contributed by atoms with Crippen LogP contribution in [-0.2, 0) is 71.7 Å². The molecule has 0 unspecified atom stereocenters. The number of hydrogen-bond donors (Lipinski definition) is 1. The van der Waals surface area contributed by atoms with Crippen LogP contribution in [0.15, 0.2) is 279 Å². The number of hydrogen-bond acceptors (Lipinski definition) is 13. The zero-order valence-corrected chi connectivity index (χ0v) is 56.4. The van der Waals surface area contributed by atoms with Gasteiger partial charge in [0, 0.05) is 22.3 Å². The molecule has 0 aliphatic carbocycles. The van der Waals surface area contributed by atoms with E-state index in [1.165, 1.54) is 7.11 Å². The van der Waals surface area contributed by atoms with Crippen molar-refractivity contribution in [3.05, 3.63) is 357 Å². The Hall–Kier alpha value is -11.6. The minimum atomic E-state index is -0.930. The molecule has 0 radical (unpaired) electrons. The molecule has 0 fully saturated rings. The van der Waals surface area contributed by atoms with Crippen LogP contribution in [0.3, 0.4) is 0 Å². The van der Waals surface area contributed by atoms with Gasteiger partial charge in [-0.25, -0.2) is 4.79 Å². The second-order valence-corrected chi connectivity index (χ2v) is 24.2. The number of benzene rings is 12. The summed E-state index contributed by atoms with van der Waals surface area (Å²) >= 11 is 0. The number of aliphatic hydroxyl groups excluding tert-OH is 1. The Morgan fingerprint density at radius 3 is 1.08 bits per heavy atom. The monoisotopic (exact) mass is 1340 g/mol. The maximum atomic E-state index is 11.9. The lowest BCUT2D eigenvalue weighted by Crippen LogP contribution is -2.32. The predicted molar refractivity (Wildman–Crippen MR) is 392 cm³/mol. The van der Waals surface area contributed by atoms with Crippen LogP contribution in [-0.4, -0.2) is 46.6 Å². The Labute approximate surface area is 590 Å². The van der Waals surface area contributed by atoms with Gasteiger partial charge in [-0.3, -0.25) is 0 Å². The van der Waals surface area contributed by atoms with E-state index in [0.29, 0.717) is 45.2 Å². The van der Waals surface area contributed by atoms with Gasteiger partial charge in [-0.2, -0.15) is 0 Å². The molecule has 0 atom stereocenters. The van der Waals surface area contributed by atoms with Gasteiger partial charge >= 0.3 is 5.97 Å². The minimum Gasteiger partial charge on any atom is -0.497 e. The van der Waals surface area contributed by atoms with E-state index in [-0.39, 0.29) is 20.0 Å². The maximum Gasteiger partial charge on any atom is 0.337 e. The zero-order valence-electron chi connectivity index (χ0n) is 56.4. The average molecular weight is 1350 g/mol. The molecular weight excluding hydrogens is 1260 g/mol. The Bertz CT molecular complexity index is 4650. The molecule has 2 aliphatic rings. The summed E-state index contributed by atoms with van der Waals surface area (Å²) < 4.78 is 65.8. The van der Waals surface area contributed by atoms with Crippen molar-refractivity contribution in [3.8, 4) is 68.2 Å². The fourth-order valence-corrected chi connectivity index (χ4v) is 13.0. The molecule has 510 valence electrons. The largest absolute Gasteiger partial charge is 0.497 e. The number of esters is 1. The van der Waals surface area contributed by atoms with Gasteiger partial charge in [-0.15, -0.1) is 0 Å². The highest BCUT2D eigenvalue weighted by Crippen LogP contribution is 2.47. The predicted octanol–water partition coefficient (Wildman–Crippen LogP) is 18.6. The molecule has 2 aliphatic heterocycles. The van der Waals surface area contributed by atoms with Gasteiger partial charge in [-0.1, -0.05) is 189 Å². The summed E-state index contributed by atoms with van der Waals surface area (Å²) in [7, 11) is 8.04. The third-order valence-electron chi connectivity index (χ3n) is 18.2. The van der Waals surface area contributed by atoms with Crippen LogP contribution in [0.25, 0.3) is 22.3 Å². The molecule has 12 aromatic carbocycles. The van der Waals surface area contributed by atoms with Gasteiger partial charge < -0.3 is 57.2 Å². The average Bonchev–Trinajstić information content (AvgIpc) is 0.763. The molecule has 1 N–H and O–H groups in total. The van der Waals surface area contributed by atoms with Crippen molar-refractivity contribution in [1.82, 2.24) is 0 Å². The quantitative estimate of drug-likeness (QED) is 0.0454. The second-order valence-electron chi connectivity index (χ2n) is 24.2. The van der Waals surface area contributed by atoms with Gasteiger partial charge in [0.05, 0.1) is 60.9 Å². The van der Waals surface area contributed by atoms with E-state index in [1.54, 1.807) is 40.6 Å². The van der Waals surface area contributed by atoms with Gasteiger partial charge in [0.2, 0.25) is 0 Å². The van der Waals surface area contributed by atoms with Gasteiger partial charge in [0.1, 0.15) is 83.6 Å². The lowest BCUT2D eigenvalue weighted by molar-refractivity contribution is 0.0000347. The number of ether oxygens (including phenoxy) is 11. The highest BCUT2D eigenvalue weighted by atomic mass is 16.5. The van der Waals surface area contributed by atoms with Crippen molar-refractivity contribution < 1.29 is 62.0 Å². The molecule has 0 saturated heterocycles. The van der Waals surface area contributed by atoms with Crippen LogP contribution in [0.1, 0.15) is 90.1 Å². The lowest BCUT2D eigenvalue weighted by Gasteiger charge is -2.36. The van der Waals surface area contributed by atoms with Crippen LogP contribution in [0.2, 0.25) is 0 Å². The number of carbonyl (C=O) groups excluding carboxylic acids is 1. The number of fused-ring (bicyclic) bond motifs is 6. The third-order valence-corrected chi connectivity index (χ3v) is 18.2. The van der Waals surface area contributed by atoms with E-state index in [9.17, 15) is 9.90 Å². The molecule has 13 nitrogen and oxygen atoms in total. The first-order chi connectivity index (χ1) is 49.1. The van der Waals surface area contributed by atoms with Crippen molar-refractivity contribution in [3.63, 3.8) is 0 Å². The molecule has 0 spiro atoms. The Morgan fingerprint density at radius 1 is 0.347 bits per heavy atom. The number of rotatable bonds is 24. The van der Waals surface area contributed by atoms with Crippen molar-refractivity contribution in [2.45, 2.75) is 64.9 Å². The van der Waals surface area contributed by atoms with Crippen molar-refractivity contribution in [2.24, 2.45) is 0 Å².